The number of nitrogens with two attached hydrogens (primary N) is 1. The number of amides is 1. The van der Waals surface area contributed by atoms with Crippen molar-refractivity contribution in [1.82, 2.24) is 9.88 Å². The van der Waals surface area contributed by atoms with Gasteiger partial charge in [-0.2, -0.15) is 0 Å². The Morgan fingerprint density at radius 1 is 1.65 bits per heavy atom. The summed E-state index contributed by atoms with van der Waals surface area (Å²) in [6, 6.07) is 0. The first-order chi connectivity index (χ1) is 8.11. The number of nitrogen functional groups attached to an aromatic ring is 1. The van der Waals surface area contributed by atoms with E-state index in [2.05, 4.69) is 10.3 Å². The van der Waals surface area contributed by atoms with E-state index in [1.54, 1.807) is 4.90 Å². The monoisotopic (exact) mass is 254 g/mol. The zero-order valence-corrected chi connectivity index (χ0v) is 11.0. The number of carbonyl (C=O) groups excluding carboxylic acids is 1. The second kappa shape index (κ2) is 4.91. The maximum absolute atomic E-state index is 12.1. The molecule has 1 aromatic rings. The molecule has 1 aliphatic carbocycles. The van der Waals surface area contributed by atoms with E-state index in [1.807, 2.05) is 14.0 Å². The van der Waals surface area contributed by atoms with E-state index in [1.165, 1.54) is 24.2 Å². The van der Waals surface area contributed by atoms with E-state index >= 15 is 0 Å². The second-order valence-corrected chi connectivity index (χ2v) is 5.39. The summed E-state index contributed by atoms with van der Waals surface area (Å²) in [5.74, 6) is 1.00. The fraction of sp³-hybridized carbons (Fsp3) is 0.636. The highest BCUT2D eigenvalue weighted by Gasteiger charge is 2.27. The molecule has 0 radical (unpaired) electrons. The predicted molar refractivity (Wildman–Crippen MR) is 70.4 cm³/mol. The van der Waals surface area contributed by atoms with Crippen LogP contribution >= 0.6 is 11.3 Å². The third-order valence-corrected chi connectivity index (χ3v) is 3.77. The van der Waals surface area contributed by atoms with Gasteiger partial charge < -0.3 is 16.0 Å². The summed E-state index contributed by atoms with van der Waals surface area (Å²) >= 11 is 1.33. The normalized spacial score (nSPS) is 14.7. The molecule has 0 aliphatic heterocycles. The van der Waals surface area contributed by atoms with Crippen LogP contribution in [0.5, 0.6) is 0 Å². The number of rotatable bonds is 5. The third-order valence-electron chi connectivity index (χ3n) is 2.75. The second-order valence-electron chi connectivity index (χ2n) is 4.39. The summed E-state index contributed by atoms with van der Waals surface area (Å²) in [6.07, 6.45) is 2.47. The number of carbonyl (C=O) groups is 1. The summed E-state index contributed by atoms with van der Waals surface area (Å²) < 4.78 is 0. The van der Waals surface area contributed by atoms with Gasteiger partial charge in [0.2, 0.25) is 0 Å². The molecular formula is C11H18N4OS. The maximum atomic E-state index is 12.1. The van der Waals surface area contributed by atoms with Crippen LogP contribution in [-0.2, 0) is 0 Å². The van der Waals surface area contributed by atoms with Gasteiger partial charge in [0, 0.05) is 20.1 Å². The summed E-state index contributed by atoms with van der Waals surface area (Å²) in [4.78, 5) is 18.6. The van der Waals surface area contributed by atoms with Crippen molar-refractivity contribution in [2.24, 2.45) is 5.92 Å². The summed E-state index contributed by atoms with van der Waals surface area (Å²) in [6.45, 7) is 3.59. The van der Waals surface area contributed by atoms with Crippen molar-refractivity contribution in [3.8, 4) is 0 Å². The lowest BCUT2D eigenvalue weighted by Crippen LogP contribution is -2.28. The number of aromatic nitrogens is 1. The topological polar surface area (TPSA) is 71.2 Å². The molecule has 94 valence electrons. The van der Waals surface area contributed by atoms with E-state index < -0.39 is 0 Å². The first-order valence-electron chi connectivity index (χ1n) is 5.87. The molecular weight excluding hydrogens is 236 g/mol. The molecule has 0 saturated heterocycles. The molecule has 1 aliphatic rings. The molecule has 17 heavy (non-hydrogen) atoms. The van der Waals surface area contributed by atoms with Crippen LogP contribution in [0.1, 0.15) is 29.4 Å². The molecule has 0 bridgehead atoms. The number of thiazole rings is 1. The molecule has 5 nitrogen and oxygen atoms in total. The van der Waals surface area contributed by atoms with Crippen molar-refractivity contribution in [2.75, 3.05) is 31.2 Å². The van der Waals surface area contributed by atoms with E-state index in [0.29, 0.717) is 21.7 Å². The lowest BCUT2D eigenvalue weighted by Gasteiger charge is -2.15. The van der Waals surface area contributed by atoms with Gasteiger partial charge in [0.1, 0.15) is 10.7 Å². The Morgan fingerprint density at radius 2 is 2.35 bits per heavy atom. The van der Waals surface area contributed by atoms with Crippen LogP contribution in [0.25, 0.3) is 0 Å². The Kier molecular flexibility index (Phi) is 3.51. The maximum Gasteiger partial charge on any atom is 0.267 e. The van der Waals surface area contributed by atoms with Gasteiger partial charge in [0.05, 0.1) is 0 Å². The lowest BCUT2D eigenvalue weighted by molar-refractivity contribution is 0.0794. The zero-order chi connectivity index (χ0) is 12.4. The van der Waals surface area contributed by atoms with Crippen LogP contribution in [0.15, 0.2) is 0 Å². The third kappa shape index (κ3) is 2.88. The Labute approximate surface area is 105 Å². The van der Waals surface area contributed by atoms with Gasteiger partial charge in [-0.25, -0.2) is 4.98 Å². The minimum Gasteiger partial charge on any atom is -0.382 e. The Hall–Kier alpha value is -1.30. The molecule has 6 heteroatoms. The molecule has 1 amide bonds. The van der Waals surface area contributed by atoms with Gasteiger partial charge >= 0.3 is 0 Å². The van der Waals surface area contributed by atoms with Crippen molar-refractivity contribution in [3.05, 3.63) is 4.88 Å². The highest BCUT2D eigenvalue weighted by Crippen LogP contribution is 2.31. The van der Waals surface area contributed by atoms with Crippen LogP contribution < -0.4 is 11.1 Å². The number of nitrogens with one attached hydrogen (secondary N) is 1. The SMILES string of the molecule is CCNc1nc(N)c(C(=O)N(C)CC2CC2)s1. The van der Waals surface area contributed by atoms with E-state index in [0.717, 1.165) is 13.1 Å². The first kappa shape index (κ1) is 12.2. The number of hydrogen-bond acceptors (Lipinski definition) is 5. The number of nitrogens with zero attached hydrogens (tertiary/aromatic N) is 2. The number of hydrogen-bond donors (Lipinski definition) is 2. The van der Waals surface area contributed by atoms with E-state index in [9.17, 15) is 4.79 Å². The average Bonchev–Trinajstić information content (AvgIpc) is 3.01. The highest BCUT2D eigenvalue weighted by atomic mass is 32.1. The molecule has 1 saturated carbocycles. The molecule has 1 heterocycles. The van der Waals surface area contributed by atoms with Crippen LogP contribution in [0.3, 0.4) is 0 Å². The largest absolute Gasteiger partial charge is 0.382 e. The summed E-state index contributed by atoms with van der Waals surface area (Å²) in [5, 5.41) is 3.79. The standard InChI is InChI=1S/C11H18N4OS/c1-3-13-11-14-9(12)8(17-11)10(16)15(2)6-7-4-5-7/h7H,3-6,12H2,1-2H3,(H,13,14). The first-order valence-corrected chi connectivity index (χ1v) is 6.69. The average molecular weight is 254 g/mol. The molecule has 0 atom stereocenters. The molecule has 0 spiro atoms. The minimum absolute atomic E-state index is 0.0175. The van der Waals surface area contributed by atoms with Crippen LogP contribution in [0.2, 0.25) is 0 Å². The fourth-order valence-electron chi connectivity index (χ4n) is 1.66. The zero-order valence-electron chi connectivity index (χ0n) is 10.2. The Balaban J connectivity index is 2.06. The van der Waals surface area contributed by atoms with Crippen LogP contribution in [0, 0.1) is 5.92 Å². The Bertz CT molecular complexity index is 414. The number of anilines is 2. The van der Waals surface area contributed by atoms with Crippen LogP contribution in [0.4, 0.5) is 10.9 Å². The van der Waals surface area contributed by atoms with Gasteiger partial charge in [0.15, 0.2) is 5.13 Å². The van der Waals surface area contributed by atoms with Gasteiger partial charge in [0.25, 0.3) is 5.91 Å². The minimum atomic E-state index is -0.0175. The van der Waals surface area contributed by atoms with Gasteiger partial charge in [-0.15, -0.1) is 0 Å². The van der Waals surface area contributed by atoms with E-state index in [-0.39, 0.29) is 5.91 Å². The lowest BCUT2D eigenvalue weighted by atomic mass is 10.3. The molecule has 0 aromatic carbocycles. The molecule has 0 unspecified atom stereocenters. The molecule has 1 fully saturated rings. The molecule has 3 N–H and O–H groups in total. The van der Waals surface area contributed by atoms with Crippen molar-refractivity contribution in [1.29, 1.82) is 0 Å². The van der Waals surface area contributed by atoms with Gasteiger partial charge in [-0.1, -0.05) is 11.3 Å². The molecule has 1 aromatic heterocycles. The Morgan fingerprint density at radius 3 is 2.94 bits per heavy atom. The fourth-order valence-corrected chi connectivity index (χ4v) is 2.60. The smallest absolute Gasteiger partial charge is 0.267 e. The van der Waals surface area contributed by atoms with Crippen molar-refractivity contribution in [3.63, 3.8) is 0 Å². The van der Waals surface area contributed by atoms with Crippen molar-refractivity contribution in [2.45, 2.75) is 19.8 Å². The molecule has 2 rings (SSSR count). The van der Waals surface area contributed by atoms with Crippen LogP contribution in [-0.4, -0.2) is 35.9 Å². The predicted octanol–water partition coefficient (Wildman–Crippen LogP) is 1.64. The quantitative estimate of drug-likeness (QED) is 0.838. The van der Waals surface area contributed by atoms with E-state index in [4.69, 9.17) is 5.73 Å². The highest BCUT2D eigenvalue weighted by molar-refractivity contribution is 7.18. The summed E-state index contributed by atoms with van der Waals surface area (Å²) in [7, 11) is 1.83. The van der Waals surface area contributed by atoms with Gasteiger partial charge in [-0.3, -0.25) is 4.79 Å². The summed E-state index contributed by atoms with van der Waals surface area (Å²) in [5.41, 5.74) is 5.77. The van der Waals surface area contributed by atoms with Crippen molar-refractivity contribution >= 4 is 28.2 Å². The van der Waals surface area contributed by atoms with Crippen molar-refractivity contribution < 1.29 is 4.79 Å². The van der Waals surface area contributed by atoms with Gasteiger partial charge in [-0.05, 0) is 25.7 Å².